The Balaban J connectivity index is 1.09. The van der Waals surface area contributed by atoms with E-state index in [1.807, 2.05) is 0 Å². The van der Waals surface area contributed by atoms with Gasteiger partial charge in [-0.2, -0.15) is 94.1 Å². The molecule has 42 nitrogen and oxygen atoms in total. The van der Waals surface area contributed by atoms with Crippen LogP contribution in [0.1, 0.15) is 52.9 Å². The maximum atomic E-state index is 12.3. The van der Waals surface area contributed by atoms with E-state index in [-0.39, 0.29) is 87.6 Å². The van der Waals surface area contributed by atoms with E-state index in [2.05, 4.69) is 0 Å². The third kappa shape index (κ3) is 27.3. The number of aliphatic carboxylic acids is 5. The number of hydrogen-bond acceptors (Lipinski definition) is 45. The van der Waals surface area contributed by atoms with Crippen LogP contribution in [0.25, 0.3) is 0 Å². The van der Waals surface area contributed by atoms with Crippen LogP contribution in [-0.4, -0.2) is 475 Å². The third-order valence-electron chi connectivity index (χ3n) is 20.6. The minimum Gasteiger partial charge on any atom is -0.481 e. The van der Waals surface area contributed by atoms with E-state index in [1.54, 1.807) is 20.8 Å². The molecule has 8 unspecified atom stereocenters. The normalized spacial score (nSPS) is 43.9. The summed E-state index contributed by atoms with van der Waals surface area (Å²) >= 11 is 8.48. The quantitative estimate of drug-likeness (QED) is 0.0267. The Labute approximate surface area is 717 Å². The van der Waals surface area contributed by atoms with Gasteiger partial charge in [0.25, 0.3) is 0 Å². The molecule has 0 aromatic heterocycles. The molecular weight excluding hydrogens is 1760 g/mol. The number of thioether (sulfide) groups is 8. The lowest BCUT2D eigenvalue weighted by Gasteiger charge is -2.51. The van der Waals surface area contributed by atoms with E-state index in [0.717, 1.165) is 58.8 Å². The van der Waals surface area contributed by atoms with E-state index < -0.39 is 295 Å². The van der Waals surface area contributed by atoms with Crippen LogP contribution in [0.15, 0.2) is 0 Å². The van der Waals surface area contributed by atoms with Crippen molar-refractivity contribution in [3.8, 4) is 0 Å². The summed E-state index contributed by atoms with van der Waals surface area (Å²) < 4.78 is 101. The van der Waals surface area contributed by atoms with Crippen molar-refractivity contribution in [2.24, 2.45) is 0 Å². The molecular formula is C69H112O42S8. The molecule has 30 saturated heterocycles. The van der Waals surface area contributed by atoms with Crippen molar-refractivity contribution in [2.45, 2.75) is 299 Å². The first-order chi connectivity index (χ1) is 56.7. The third-order valence-corrected chi connectivity index (χ3v) is 28.8. The molecule has 119 heavy (non-hydrogen) atoms. The fourth-order valence-corrected chi connectivity index (χ4v) is 21.4. The van der Waals surface area contributed by atoms with Gasteiger partial charge in [-0.1, -0.05) is 20.8 Å². The van der Waals surface area contributed by atoms with Crippen LogP contribution in [0.5, 0.6) is 0 Å². The molecule has 30 aliphatic heterocycles. The number of rotatable bonds is 34. The van der Waals surface area contributed by atoms with Gasteiger partial charge in [0.05, 0.1) is 80.9 Å². The lowest BCUT2D eigenvalue weighted by atomic mass is 9.95. The largest absolute Gasteiger partial charge is 0.481 e. The summed E-state index contributed by atoms with van der Waals surface area (Å²) in [7, 11) is 0. The molecule has 40 atom stereocenters. The molecule has 30 rings (SSSR count). The highest BCUT2D eigenvalue weighted by atomic mass is 32.2. The fourth-order valence-electron chi connectivity index (χ4n) is 14.3. The van der Waals surface area contributed by atoms with Crippen LogP contribution >= 0.6 is 94.1 Å². The molecule has 16 bridgehead atoms. The van der Waals surface area contributed by atoms with Gasteiger partial charge in [-0.05, 0) is 17.3 Å². The Kier molecular flexibility index (Phi) is 41.9. The van der Waals surface area contributed by atoms with E-state index >= 15 is 0 Å². The Bertz CT molecular complexity index is 3050. The number of carbonyl (C=O) groups is 5. The molecule has 0 aliphatic carbocycles. The molecule has 0 aromatic rings. The van der Waals surface area contributed by atoms with Gasteiger partial charge in [0.2, 0.25) is 0 Å². The summed E-state index contributed by atoms with van der Waals surface area (Å²) in [5.74, 6) is -6.88. The van der Waals surface area contributed by atoms with Gasteiger partial charge in [-0.3, -0.25) is 24.0 Å². The van der Waals surface area contributed by atoms with Gasteiger partial charge in [-0.25, -0.2) is 0 Å². The van der Waals surface area contributed by atoms with Gasteiger partial charge < -0.3 is 183 Å². The standard InChI is InChI=1S/C69H112O42S8/c1-4-112-17-25-54-38(80)46(88)62(96-25)105-55-26(18-113-5-2)98-64(48(90)40(55)82)107-57-28(20-115-12-7-33(70)71)100-66(50(92)42(57)84)109-59-30(22-117-14-9-35(74)75)102-68(52(94)44(59)86)111-61-32(24-119-16-11-37(78)79)103-69(53(95)45(61)87)110-60-31(23-118-15-10-36(76)77)101-67(51(93)43(60)85)108-58-29(21-116-13-8-34(72)73)99-65(49(91)41(58)83)106-56-27(19-114-6-3)97-63(104-54)47(89)39(56)81/h25-32,38-69,80-95H,4-24H2,1-3H3,(H,70,71)(H,72,73)(H,74,75)(H,76,77)(H,78,79)/t25-,26-,27-,28-,29-,30-,31-,32-,38-,39-,40-,41+,42-,43-,44-,45-,46-,47-,48-,49+,50-,51-,52-,53-,54-,55?,56?,57-,58?,59-,60?,61-,62-,63?,64?,65-,66?,67-,68?,69-/m1/s1. The molecule has 30 fully saturated rings. The van der Waals surface area contributed by atoms with Gasteiger partial charge in [-0.15, -0.1) is 0 Å². The topological polar surface area (TPSA) is 658 Å². The van der Waals surface area contributed by atoms with Crippen molar-refractivity contribution in [1.29, 1.82) is 0 Å². The molecule has 30 aliphatic rings. The number of carboxylic acids is 5. The number of aliphatic hydroxyl groups is 16. The average molecular weight is 1870 g/mol. The molecule has 0 radical (unpaired) electrons. The molecule has 0 amide bonds. The van der Waals surface area contributed by atoms with Crippen LogP contribution in [0.4, 0.5) is 0 Å². The monoisotopic (exact) mass is 1870 g/mol. The summed E-state index contributed by atoms with van der Waals surface area (Å²) in [6, 6.07) is 0. The van der Waals surface area contributed by atoms with E-state index in [4.69, 9.17) is 75.8 Å². The number of carboxylic acid groups (broad SMARTS) is 5. The molecule has 0 aromatic carbocycles. The zero-order valence-electron chi connectivity index (χ0n) is 64.7. The van der Waals surface area contributed by atoms with E-state index in [1.165, 1.54) is 35.3 Å². The number of hydrogen-bond donors (Lipinski definition) is 21. The molecule has 30 heterocycles. The lowest BCUT2D eigenvalue weighted by molar-refractivity contribution is -0.396. The van der Waals surface area contributed by atoms with Gasteiger partial charge in [0.15, 0.2) is 50.3 Å². The second-order valence-electron chi connectivity index (χ2n) is 29.1. The minimum atomic E-state index is -2.27. The highest BCUT2D eigenvalue weighted by molar-refractivity contribution is 8.00. The second-order valence-corrected chi connectivity index (χ2v) is 38.8. The lowest BCUT2D eigenvalue weighted by Crippen LogP contribution is -2.69. The summed E-state index contributed by atoms with van der Waals surface area (Å²) in [6.45, 7) is 5.37. The summed E-state index contributed by atoms with van der Waals surface area (Å²) in [5.41, 5.74) is 0. The first-order valence-corrected chi connectivity index (χ1v) is 48.0. The highest BCUT2D eigenvalue weighted by Crippen LogP contribution is 2.43. The van der Waals surface area contributed by atoms with Crippen molar-refractivity contribution < 1.29 is 207 Å². The molecule has 50 heteroatoms. The SMILES string of the molecule is CCSC[C@H]1OC2O[C@H]3[C@H](O)[C@@H](O)[C@@H](OC4[C@@H](CSCC)OC(O[C@H]5[C@H](O)[C@@H](O)C(O[C@H]6[C@H](O)[C@@H](O)C(O[C@H]7[C@H](O)[C@@H](O)[C@@H](OC8[C@@H](CSCCC(=O)O)O[C@H](OC9[C@@H](O)[C@H](O)[C@@H](OC1[C@H](O)[C@H]2O)O[C@@H]9CSCCC(=O)O)[C@H](O)[C@H]8O)O[C@@H]7CSCCC(=O)O)O[C@@H]6CSCCC(=O)O)O[C@@H]5CSCCC(=O)O)[C@H](O)[C@H]4O)O[C@@H]3CSCC. The Morgan fingerprint density at radius 2 is 0.311 bits per heavy atom. The minimum absolute atomic E-state index is 0.0165. The zero-order valence-corrected chi connectivity index (χ0v) is 71.2. The van der Waals surface area contributed by atoms with E-state index in [0.29, 0.717) is 17.3 Å². The Hall–Kier alpha value is -1.13. The highest BCUT2D eigenvalue weighted by Gasteiger charge is 2.61. The second kappa shape index (κ2) is 49.0. The van der Waals surface area contributed by atoms with Gasteiger partial charge in [0.1, 0.15) is 146 Å². The van der Waals surface area contributed by atoms with Gasteiger partial charge >= 0.3 is 29.8 Å². The summed E-state index contributed by atoms with van der Waals surface area (Å²) in [4.78, 5) is 58.8. The maximum absolute atomic E-state index is 12.3. The maximum Gasteiger partial charge on any atom is 0.304 e. The molecule has 0 saturated carbocycles. The number of ether oxygens (including phenoxy) is 16. The predicted molar refractivity (Wildman–Crippen MR) is 421 cm³/mol. The van der Waals surface area contributed by atoms with Crippen molar-refractivity contribution in [2.75, 3.05) is 92.0 Å². The smallest absolute Gasteiger partial charge is 0.304 e. The van der Waals surface area contributed by atoms with Crippen LogP contribution < -0.4 is 0 Å². The van der Waals surface area contributed by atoms with Crippen molar-refractivity contribution in [1.82, 2.24) is 0 Å². The molecule has 0 spiro atoms. The first-order valence-electron chi connectivity index (χ1n) is 38.8. The molecule has 688 valence electrons. The fraction of sp³-hybridized carbons (Fsp3) is 0.928. The van der Waals surface area contributed by atoms with Crippen LogP contribution in [0, 0.1) is 0 Å². The zero-order chi connectivity index (χ0) is 86.8. The first kappa shape index (κ1) is 102. The van der Waals surface area contributed by atoms with Gasteiger partial charge in [0, 0.05) is 74.8 Å². The van der Waals surface area contributed by atoms with Crippen LogP contribution in [0.3, 0.4) is 0 Å². The van der Waals surface area contributed by atoms with Crippen molar-refractivity contribution in [3.05, 3.63) is 0 Å². The van der Waals surface area contributed by atoms with Crippen LogP contribution in [-0.2, 0) is 99.8 Å². The van der Waals surface area contributed by atoms with Crippen molar-refractivity contribution in [3.63, 3.8) is 0 Å². The van der Waals surface area contributed by atoms with Crippen molar-refractivity contribution >= 4 is 124 Å². The molecule has 21 N–H and O–H groups in total. The van der Waals surface area contributed by atoms with Crippen LogP contribution in [0.2, 0.25) is 0 Å². The van der Waals surface area contributed by atoms with E-state index in [9.17, 15) is 131 Å². The number of aliphatic hydroxyl groups excluding tert-OH is 16. The Morgan fingerprint density at radius 3 is 0.420 bits per heavy atom. The summed E-state index contributed by atoms with van der Waals surface area (Å²) in [6.07, 6.45) is -78.1. The summed E-state index contributed by atoms with van der Waals surface area (Å²) in [5, 5.41) is 242. The Morgan fingerprint density at radius 1 is 0.193 bits per heavy atom. The average Bonchev–Trinajstić information content (AvgIpc) is 0.773. The predicted octanol–water partition coefficient (Wildman–Crippen LogP) is -6.05.